The quantitative estimate of drug-likeness (QED) is 0.244. The molecule has 9 heteroatoms. The smallest absolute Gasteiger partial charge is 0.356 e. The molecule has 0 spiro atoms. The maximum atomic E-state index is 13.0. The molecule has 0 unspecified atom stereocenters. The van der Waals surface area contributed by atoms with Gasteiger partial charge in [0.25, 0.3) is 6.43 Å². The Labute approximate surface area is 121 Å². The maximum absolute atomic E-state index is 13.0. The number of ether oxygens (including phenoxy) is 2. The third kappa shape index (κ3) is 5.94. The maximum Gasteiger partial charge on any atom is 0.356 e. The van der Waals surface area contributed by atoms with Crippen LogP contribution in [0.1, 0.15) is 27.7 Å². The molecule has 0 radical (unpaired) electrons. The Morgan fingerprint density at radius 1 is 1.24 bits per heavy atom. The molecule has 0 aliphatic rings. The Hall–Kier alpha value is -1.90. The van der Waals surface area contributed by atoms with Crippen molar-refractivity contribution in [3.8, 4) is 0 Å². The average Bonchev–Trinajstić information content (AvgIpc) is 2.34. The Morgan fingerprint density at radius 2 is 1.76 bits per heavy atom. The van der Waals surface area contributed by atoms with Crippen molar-refractivity contribution in [2.75, 3.05) is 13.3 Å². The lowest BCUT2D eigenvalue weighted by atomic mass is 9.98. The molecule has 4 N–H and O–H groups in total. The van der Waals surface area contributed by atoms with E-state index in [4.69, 9.17) is 16.3 Å². The van der Waals surface area contributed by atoms with Gasteiger partial charge in [0.2, 0.25) is 0 Å². The molecule has 0 aromatic heterocycles. The molecule has 0 amide bonds. The van der Waals surface area contributed by atoms with E-state index >= 15 is 0 Å². The lowest BCUT2D eigenvalue weighted by molar-refractivity contribution is -0.157. The topological polar surface area (TPSA) is 108 Å². The number of halogens is 2. The third-order valence-electron chi connectivity index (χ3n) is 2.23. The molecule has 122 valence electrons. The van der Waals surface area contributed by atoms with Crippen molar-refractivity contribution in [2.45, 2.75) is 34.1 Å². The summed E-state index contributed by atoms with van der Waals surface area (Å²) in [7, 11) is 0. The van der Waals surface area contributed by atoms with Crippen molar-refractivity contribution in [1.82, 2.24) is 5.01 Å². The molecule has 0 rings (SSSR count). The first-order valence-corrected chi connectivity index (χ1v) is 6.16. The van der Waals surface area contributed by atoms with Crippen LogP contribution in [0.2, 0.25) is 0 Å². The summed E-state index contributed by atoms with van der Waals surface area (Å²) in [6.07, 6.45) is -3.13. The Morgan fingerprint density at radius 3 is 2.14 bits per heavy atom. The monoisotopic (exact) mass is 309 g/mol. The number of hydrogen-bond donors (Lipinski definition) is 2. The van der Waals surface area contributed by atoms with E-state index in [9.17, 15) is 18.4 Å². The zero-order valence-electron chi connectivity index (χ0n) is 12.5. The first kappa shape index (κ1) is 19.1. The number of nitrogens with zero attached hydrogens (tertiary/aromatic N) is 1. The van der Waals surface area contributed by atoms with Crippen LogP contribution in [0.3, 0.4) is 0 Å². The molecular weight excluding hydrogens is 288 g/mol. The van der Waals surface area contributed by atoms with Gasteiger partial charge in [-0.05, 0) is 27.7 Å². The van der Waals surface area contributed by atoms with Crippen LogP contribution < -0.4 is 11.6 Å². The molecule has 0 saturated heterocycles. The van der Waals surface area contributed by atoms with Gasteiger partial charge in [-0.3, -0.25) is 9.80 Å². The second-order valence-corrected chi connectivity index (χ2v) is 5.10. The van der Waals surface area contributed by atoms with E-state index in [1.54, 1.807) is 20.8 Å². The third-order valence-corrected chi connectivity index (χ3v) is 2.23. The van der Waals surface area contributed by atoms with E-state index < -0.39 is 41.9 Å². The highest BCUT2D eigenvalue weighted by atomic mass is 19.3. The number of hydrogen-bond acceptors (Lipinski definition) is 7. The fourth-order valence-corrected chi connectivity index (χ4v) is 1.13. The van der Waals surface area contributed by atoms with Gasteiger partial charge in [0.05, 0.1) is 12.0 Å². The van der Waals surface area contributed by atoms with Crippen molar-refractivity contribution in [2.24, 2.45) is 17.0 Å². The summed E-state index contributed by atoms with van der Waals surface area (Å²) in [5.74, 6) is 3.62. The number of alkyl halides is 2. The molecule has 0 aliphatic heterocycles. The number of esters is 2. The van der Waals surface area contributed by atoms with Crippen LogP contribution in [0.4, 0.5) is 8.78 Å². The van der Waals surface area contributed by atoms with Crippen molar-refractivity contribution >= 4 is 11.9 Å². The van der Waals surface area contributed by atoms with Gasteiger partial charge < -0.3 is 15.2 Å². The SMILES string of the molecule is CCOC(=O)/C(N)=C(\C(F)F)N(N)COC(=O)C(C)(C)C. The molecule has 7 nitrogen and oxygen atoms in total. The van der Waals surface area contributed by atoms with Crippen molar-refractivity contribution in [3.05, 3.63) is 11.4 Å². The van der Waals surface area contributed by atoms with E-state index in [-0.39, 0.29) is 6.61 Å². The second-order valence-electron chi connectivity index (χ2n) is 5.10. The summed E-state index contributed by atoms with van der Waals surface area (Å²) >= 11 is 0. The fourth-order valence-electron chi connectivity index (χ4n) is 1.13. The minimum absolute atomic E-state index is 0.0281. The van der Waals surface area contributed by atoms with Gasteiger partial charge >= 0.3 is 11.9 Å². The van der Waals surface area contributed by atoms with Gasteiger partial charge in [0, 0.05) is 0 Å². The molecule has 0 atom stereocenters. The van der Waals surface area contributed by atoms with E-state index in [2.05, 4.69) is 4.74 Å². The number of hydrazine groups is 1. The largest absolute Gasteiger partial charge is 0.461 e. The fraction of sp³-hybridized carbons (Fsp3) is 0.667. The van der Waals surface area contributed by atoms with Crippen LogP contribution >= 0.6 is 0 Å². The predicted molar refractivity (Wildman–Crippen MR) is 70.3 cm³/mol. The number of rotatable bonds is 6. The van der Waals surface area contributed by atoms with Crippen LogP contribution in [-0.4, -0.2) is 36.7 Å². The molecule has 0 saturated carbocycles. The van der Waals surface area contributed by atoms with Gasteiger partial charge in [0.15, 0.2) is 6.73 Å². The van der Waals surface area contributed by atoms with Crippen molar-refractivity contribution < 1.29 is 27.8 Å². The number of carbonyl (C=O) groups excluding carboxylic acids is 2. The van der Waals surface area contributed by atoms with E-state index in [0.29, 0.717) is 5.01 Å². The van der Waals surface area contributed by atoms with Crippen LogP contribution in [0.5, 0.6) is 0 Å². The lowest BCUT2D eigenvalue weighted by Crippen LogP contribution is -2.40. The number of nitrogens with two attached hydrogens (primary N) is 2. The van der Waals surface area contributed by atoms with Crippen LogP contribution in [0.25, 0.3) is 0 Å². The predicted octanol–water partition coefficient (Wildman–Crippen LogP) is 0.707. The van der Waals surface area contributed by atoms with E-state index in [1.165, 1.54) is 6.92 Å². The minimum Gasteiger partial charge on any atom is -0.461 e. The first-order chi connectivity index (χ1) is 9.52. The Balaban J connectivity index is 5.02. The van der Waals surface area contributed by atoms with Crippen LogP contribution in [0.15, 0.2) is 11.4 Å². The molecule has 0 heterocycles. The highest BCUT2D eigenvalue weighted by Gasteiger charge is 2.28. The summed E-state index contributed by atoms with van der Waals surface area (Å²) < 4.78 is 35.2. The Bertz CT molecular complexity index is 419. The van der Waals surface area contributed by atoms with Crippen LogP contribution in [0, 0.1) is 5.41 Å². The molecule has 0 aromatic carbocycles. The molecule has 0 aromatic rings. The van der Waals surface area contributed by atoms with Gasteiger partial charge in [0.1, 0.15) is 11.4 Å². The molecule has 21 heavy (non-hydrogen) atoms. The second kappa shape index (κ2) is 7.77. The first-order valence-electron chi connectivity index (χ1n) is 6.16. The number of carbonyl (C=O) groups is 2. The van der Waals surface area contributed by atoms with Gasteiger partial charge in [-0.2, -0.15) is 0 Å². The van der Waals surface area contributed by atoms with Crippen molar-refractivity contribution in [1.29, 1.82) is 0 Å². The highest BCUT2D eigenvalue weighted by molar-refractivity contribution is 5.88. The normalized spacial score (nSPS) is 12.8. The average molecular weight is 309 g/mol. The summed E-state index contributed by atoms with van der Waals surface area (Å²) in [5, 5.41) is 0.403. The minimum atomic E-state index is -3.13. The van der Waals surface area contributed by atoms with Gasteiger partial charge in [-0.15, -0.1) is 0 Å². The molecular formula is C12H21F2N3O4. The zero-order valence-corrected chi connectivity index (χ0v) is 12.5. The molecule has 0 fully saturated rings. The summed E-state index contributed by atoms with van der Waals surface area (Å²) in [6, 6.07) is 0. The van der Waals surface area contributed by atoms with E-state index in [1.807, 2.05) is 0 Å². The van der Waals surface area contributed by atoms with E-state index in [0.717, 1.165) is 0 Å². The number of allylic oxidation sites excluding steroid dienone is 1. The summed E-state index contributed by atoms with van der Waals surface area (Å²) in [5.41, 5.74) is 2.69. The standard InChI is InChI=1S/C12H21F2N3O4/c1-5-20-10(18)7(15)8(9(13)14)17(16)6-21-11(19)12(2,3)4/h9H,5-6,15-16H2,1-4H3/b8-7-. The Kier molecular flexibility index (Phi) is 7.07. The molecule has 0 bridgehead atoms. The summed E-state index contributed by atoms with van der Waals surface area (Å²) in [6.45, 7) is 5.57. The molecule has 0 aliphatic carbocycles. The van der Waals surface area contributed by atoms with Gasteiger partial charge in [-0.1, -0.05) is 0 Å². The van der Waals surface area contributed by atoms with Gasteiger partial charge in [-0.25, -0.2) is 19.4 Å². The van der Waals surface area contributed by atoms with Crippen molar-refractivity contribution in [3.63, 3.8) is 0 Å². The zero-order chi connectivity index (χ0) is 16.8. The lowest BCUT2D eigenvalue weighted by Gasteiger charge is -2.24. The highest BCUT2D eigenvalue weighted by Crippen LogP contribution is 2.18. The van der Waals surface area contributed by atoms with Crippen LogP contribution in [-0.2, 0) is 19.1 Å². The summed E-state index contributed by atoms with van der Waals surface area (Å²) in [4.78, 5) is 22.9.